The quantitative estimate of drug-likeness (QED) is 0.681. The van der Waals surface area contributed by atoms with Gasteiger partial charge in [-0.05, 0) is 42.9 Å². The average molecular weight is 283 g/mol. The Bertz CT molecular complexity index is 573. The third-order valence-corrected chi connectivity index (χ3v) is 4.46. The van der Waals surface area contributed by atoms with Crippen molar-refractivity contribution in [3.05, 3.63) is 54.1 Å². The molecule has 0 aliphatic heterocycles. The van der Waals surface area contributed by atoms with E-state index in [4.69, 9.17) is 10.5 Å². The van der Waals surface area contributed by atoms with Crippen molar-refractivity contribution in [3.63, 3.8) is 0 Å². The summed E-state index contributed by atoms with van der Waals surface area (Å²) in [6, 6.07) is 7.89. The molecule has 1 aromatic carbocycles. The molecule has 110 valence electrons. The number of nitrogens with two attached hydrogens (primary N) is 1. The molecule has 3 heteroatoms. The number of esters is 1. The maximum Gasteiger partial charge on any atom is 0.309 e. The zero-order chi connectivity index (χ0) is 14.8. The summed E-state index contributed by atoms with van der Waals surface area (Å²) in [5.41, 5.74) is 7.70. The monoisotopic (exact) mass is 283 g/mol. The molecule has 2 aliphatic rings. The molecule has 21 heavy (non-hydrogen) atoms. The van der Waals surface area contributed by atoms with Gasteiger partial charge in [0, 0.05) is 11.6 Å². The highest BCUT2D eigenvalue weighted by molar-refractivity contribution is 5.78. The number of carbonyl (C=O) groups is 1. The van der Waals surface area contributed by atoms with Gasteiger partial charge in [0.05, 0.1) is 12.5 Å². The third kappa shape index (κ3) is 2.73. The lowest BCUT2D eigenvalue weighted by atomic mass is 9.92. The second-order valence-corrected chi connectivity index (χ2v) is 5.76. The van der Waals surface area contributed by atoms with Crippen LogP contribution in [0.2, 0.25) is 0 Å². The molecule has 0 saturated heterocycles. The van der Waals surface area contributed by atoms with E-state index in [0.717, 1.165) is 12.1 Å². The van der Waals surface area contributed by atoms with Crippen molar-refractivity contribution >= 4 is 11.7 Å². The first-order chi connectivity index (χ1) is 10.2. The van der Waals surface area contributed by atoms with Crippen molar-refractivity contribution in [3.8, 4) is 0 Å². The van der Waals surface area contributed by atoms with Crippen molar-refractivity contribution in [1.29, 1.82) is 0 Å². The molecule has 1 fully saturated rings. The summed E-state index contributed by atoms with van der Waals surface area (Å²) in [6.45, 7) is 2.30. The van der Waals surface area contributed by atoms with Gasteiger partial charge in [0.25, 0.3) is 0 Å². The number of allylic oxidation sites excluding steroid dienone is 4. The van der Waals surface area contributed by atoms with E-state index in [1.807, 2.05) is 31.2 Å². The molecular weight excluding hydrogens is 262 g/mol. The molecule has 0 heterocycles. The van der Waals surface area contributed by atoms with E-state index < -0.39 is 0 Å². The normalized spacial score (nSPS) is 30.1. The molecule has 2 N–H and O–H groups in total. The van der Waals surface area contributed by atoms with Crippen molar-refractivity contribution in [2.24, 2.45) is 17.8 Å². The zero-order valence-corrected chi connectivity index (χ0v) is 12.2. The fourth-order valence-electron chi connectivity index (χ4n) is 3.44. The van der Waals surface area contributed by atoms with Crippen LogP contribution < -0.4 is 5.73 Å². The van der Waals surface area contributed by atoms with Gasteiger partial charge in [-0.1, -0.05) is 36.4 Å². The Morgan fingerprint density at radius 2 is 2.05 bits per heavy atom. The molecular formula is C18H21NO2. The summed E-state index contributed by atoms with van der Waals surface area (Å²) in [5.74, 6) is 0.939. The Balaban J connectivity index is 1.82. The highest BCUT2D eigenvalue weighted by Gasteiger charge is 2.58. The van der Waals surface area contributed by atoms with Crippen LogP contribution in [0.3, 0.4) is 0 Å². The molecule has 2 aliphatic carbocycles. The molecule has 1 unspecified atom stereocenters. The molecule has 4 atom stereocenters. The SMILES string of the molecule is CCOC(=O)[C@H]1[C@H](c2ccc(N)cc2)[C@H]1C1C=CC=CC1. The first-order valence-corrected chi connectivity index (χ1v) is 7.57. The van der Waals surface area contributed by atoms with Crippen molar-refractivity contribution in [2.75, 3.05) is 12.3 Å². The maximum atomic E-state index is 12.2. The largest absolute Gasteiger partial charge is 0.466 e. The molecule has 0 spiro atoms. The molecule has 1 aromatic rings. The van der Waals surface area contributed by atoms with Crippen molar-refractivity contribution in [2.45, 2.75) is 19.3 Å². The van der Waals surface area contributed by atoms with Gasteiger partial charge in [0.1, 0.15) is 0 Å². The zero-order valence-electron chi connectivity index (χ0n) is 12.2. The van der Waals surface area contributed by atoms with Gasteiger partial charge >= 0.3 is 5.97 Å². The van der Waals surface area contributed by atoms with Gasteiger partial charge in [0.15, 0.2) is 0 Å². The summed E-state index contributed by atoms with van der Waals surface area (Å²) < 4.78 is 5.26. The molecule has 0 radical (unpaired) electrons. The molecule has 0 aromatic heterocycles. The molecule has 0 amide bonds. The number of nitrogen functional groups attached to an aromatic ring is 1. The van der Waals surface area contributed by atoms with Crippen LogP contribution in [0.25, 0.3) is 0 Å². The average Bonchev–Trinajstić information content (AvgIpc) is 3.25. The van der Waals surface area contributed by atoms with Crippen LogP contribution >= 0.6 is 0 Å². The van der Waals surface area contributed by atoms with E-state index in [2.05, 4.69) is 24.3 Å². The van der Waals surface area contributed by atoms with Gasteiger partial charge in [0.2, 0.25) is 0 Å². The van der Waals surface area contributed by atoms with Gasteiger partial charge in [-0.15, -0.1) is 0 Å². The first kappa shape index (κ1) is 13.9. The lowest BCUT2D eigenvalue weighted by Crippen LogP contribution is -2.11. The smallest absolute Gasteiger partial charge is 0.309 e. The minimum Gasteiger partial charge on any atom is -0.466 e. The van der Waals surface area contributed by atoms with E-state index in [1.165, 1.54) is 5.56 Å². The summed E-state index contributed by atoms with van der Waals surface area (Å²) >= 11 is 0. The highest BCUT2D eigenvalue weighted by Crippen LogP contribution is 2.59. The van der Waals surface area contributed by atoms with Gasteiger partial charge in [-0.3, -0.25) is 4.79 Å². The molecule has 1 saturated carbocycles. The van der Waals surface area contributed by atoms with Gasteiger partial charge in [-0.2, -0.15) is 0 Å². The van der Waals surface area contributed by atoms with Crippen molar-refractivity contribution in [1.82, 2.24) is 0 Å². The van der Waals surface area contributed by atoms with Crippen LogP contribution in [-0.4, -0.2) is 12.6 Å². The third-order valence-electron chi connectivity index (χ3n) is 4.46. The molecule has 3 nitrogen and oxygen atoms in total. The molecule has 3 rings (SSSR count). The summed E-state index contributed by atoms with van der Waals surface area (Å²) in [5, 5.41) is 0. The maximum absolute atomic E-state index is 12.2. The minimum absolute atomic E-state index is 0.0188. The Hall–Kier alpha value is -2.03. The number of benzene rings is 1. The Morgan fingerprint density at radius 3 is 2.67 bits per heavy atom. The number of ether oxygens (including phenoxy) is 1. The Kier molecular flexibility index (Phi) is 3.82. The topological polar surface area (TPSA) is 52.3 Å². The second-order valence-electron chi connectivity index (χ2n) is 5.76. The summed E-state index contributed by atoms with van der Waals surface area (Å²) in [7, 11) is 0. The Morgan fingerprint density at radius 1 is 1.29 bits per heavy atom. The van der Waals surface area contributed by atoms with Crippen LogP contribution in [0.1, 0.15) is 24.8 Å². The summed E-state index contributed by atoms with van der Waals surface area (Å²) in [4.78, 5) is 12.2. The van der Waals surface area contributed by atoms with Gasteiger partial charge in [-0.25, -0.2) is 0 Å². The summed E-state index contributed by atoms with van der Waals surface area (Å²) in [6.07, 6.45) is 9.53. The number of rotatable bonds is 4. The number of hydrogen-bond donors (Lipinski definition) is 1. The standard InChI is InChI=1S/C18H21NO2/c1-2-21-18(20)17-15(12-6-4-3-5-7-12)16(17)13-8-10-14(19)11-9-13/h3-6,8-12,15-17H,2,7,19H2,1H3/t12?,15-,16-,17-/m1/s1. The van der Waals surface area contributed by atoms with E-state index in [-0.39, 0.29) is 17.8 Å². The predicted molar refractivity (Wildman–Crippen MR) is 83.6 cm³/mol. The Labute approximate surface area is 125 Å². The van der Waals surface area contributed by atoms with Crippen LogP contribution in [-0.2, 0) is 9.53 Å². The molecule has 0 bridgehead atoms. The second kappa shape index (κ2) is 5.76. The van der Waals surface area contributed by atoms with Crippen LogP contribution in [0.15, 0.2) is 48.6 Å². The van der Waals surface area contributed by atoms with Crippen LogP contribution in [0, 0.1) is 17.8 Å². The number of carbonyl (C=O) groups excluding carboxylic acids is 1. The van der Waals surface area contributed by atoms with E-state index in [1.54, 1.807) is 0 Å². The van der Waals surface area contributed by atoms with Crippen LogP contribution in [0.4, 0.5) is 5.69 Å². The van der Waals surface area contributed by atoms with Crippen molar-refractivity contribution < 1.29 is 9.53 Å². The minimum atomic E-state index is -0.0627. The fourth-order valence-corrected chi connectivity index (χ4v) is 3.44. The number of hydrogen-bond acceptors (Lipinski definition) is 3. The predicted octanol–water partition coefficient (Wildman–Crippen LogP) is 3.29. The number of anilines is 1. The van der Waals surface area contributed by atoms with Crippen LogP contribution in [0.5, 0.6) is 0 Å². The lowest BCUT2D eigenvalue weighted by Gasteiger charge is -2.12. The fraction of sp³-hybridized carbons (Fsp3) is 0.389. The van der Waals surface area contributed by atoms with E-state index in [9.17, 15) is 4.79 Å². The first-order valence-electron chi connectivity index (χ1n) is 7.57. The lowest BCUT2D eigenvalue weighted by molar-refractivity contribution is -0.145. The highest BCUT2D eigenvalue weighted by atomic mass is 16.5. The van der Waals surface area contributed by atoms with E-state index >= 15 is 0 Å². The van der Waals surface area contributed by atoms with E-state index in [0.29, 0.717) is 18.4 Å². The van der Waals surface area contributed by atoms with Gasteiger partial charge < -0.3 is 10.5 Å².